The summed E-state index contributed by atoms with van der Waals surface area (Å²) in [4.78, 5) is 0. The molecule has 0 aliphatic carbocycles. The highest BCUT2D eigenvalue weighted by atomic mass is 16.3. The Hall–Kier alpha value is -0.0400. The number of unbranched alkanes of at least 4 members (excludes halogenated alkanes) is 7. The molecule has 0 fully saturated rings. The second-order valence-corrected chi connectivity index (χ2v) is 5.74. The van der Waals surface area contributed by atoms with Gasteiger partial charge in [-0.05, 0) is 19.3 Å². The molecule has 1 heteroatoms. The van der Waals surface area contributed by atoms with Crippen molar-refractivity contribution < 1.29 is 5.11 Å². The molecule has 1 nitrogen and oxygen atoms in total. The molecule has 1 N–H and O–H groups in total. The lowest BCUT2D eigenvalue weighted by atomic mass is 9.87. The van der Waals surface area contributed by atoms with Gasteiger partial charge in [0, 0.05) is 0 Å². The van der Waals surface area contributed by atoms with E-state index in [1.807, 2.05) is 6.92 Å². The van der Waals surface area contributed by atoms with Crippen molar-refractivity contribution in [2.75, 3.05) is 0 Å². The van der Waals surface area contributed by atoms with Gasteiger partial charge in [0.2, 0.25) is 0 Å². The average Bonchev–Trinajstić information content (AvgIpc) is 2.21. The molecule has 0 amide bonds. The van der Waals surface area contributed by atoms with Crippen LogP contribution in [0.5, 0.6) is 0 Å². The van der Waals surface area contributed by atoms with Gasteiger partial charge in [0.25, 0.3) is 0 Å². The Bertz CT molecular complexity index is 150. The van der Waals surface area contributed by atoms with Crippen LogP contribution in [-0.4, -0.2) is 10.7 Å². The molecule has 0 saturated heterocycles. The molecule has 0 radical (unpaired) electrons. The topological polar surface area (TPSA) is 20.2 Å². The molecule has 0 aliphatic heterocycles. The number of rotatable bonds is 10. The van der Waals surface area contributed by atoms with E-state index in [2.05, 4.69) is 20.8 Å². The Morgan fingerprint density at radius 3 is 1.75 bits per heavy atom. The summed E-state index contributed by atoms with van der Waals surface area (Å²) in [5.41, 5.74) is -0.456. The molecule has 98 valence electrons. The quantitative estimate of drug-likeness (QED) is 0.526. The first kappa shape index (κ1) is 16.0. The monoisotopic (exact) mass is 228 g/mol. The minimum atomic E-state index is -0.456. The van der Waals surface area contributed by atoms with E-state index in [9.17, 15) is 5.11 Å². The highest BCUT2D eigenvalue weighted by Crippen LogP contribution is 2.23. The lowest BCUT2D eigenvalue weighted by Gasteiger charge is -2.27. The molecule has 16 heavy (non-hydrogen) atoms. The summed E-state index contributed by atoms with van der Waals surface area (Å²) in [5, 5.41) is 10.1. The fourth-order valence-corrected chi connectivity index (χ4v) is 1.91. The molecule has 0 aromatic rings. The molecule has 0 spiro atoms. The largest absolute Gasteiger partial charge is 0.390 e. The second kappa shape index (κ2) is 9.04. The van der Waals surface area contributed by atoms with Crippen LogP contribution in [0.2, 0.25) is 0 Å². The van der Waals surface area contributed by atoms with Crippen LogP contribution in [0.1, 0.15) is 85.5 Å². The van der Waals surface area contributed by atoms with Crippen molar-refractivity contribution >= 4 is 0 Å². The first-order valence-electron chi connectivity index (χ1n) is 7.23. The fourth-order valence-electron chi connectivity index (χ4n) is 1.91. The maximum absolute atomic E-state index is 10.1. The van der Waals surface area contributed by atoms with Gasteiger partial charge in [-0.3, -0.25) is 0 Å². The Morgan fingerprint density at radius 2 is 1.31 bits per heavy atom. The smallest absolute Gasteiger partial charge is 0.0642 e. The lowest BCUT2D eigenvalue weighted by Crippen LogP contribution is -2.30. The van der Waals surface area contributed by atoms with Crippen LogP contribution in [0.4, 0.5) is 0 Å². The first-order valence-corrected chi connectivity index (χ1v) is 7.23. The van der Waals surface area contributed by atoms with Gasteiger partial charge in [-0.1, -0.05) is 72.1 Å². The van der Waals surface area contributed by atoms with Gasteiger partial charge < -0.3 is 5.11 Å². The predicted octanol–water partition coefficient (Wildman–Crippen LogP) is 4.92. The molecule has 0 aliphatic rings. The van der Waals surface area contributed by atoms with E-state index in [4.69, 9.17) is 0 Å². The van der Waals surface area contributed by atoms with Gasteiger partial charge in [0.1, 0.15) is 0 Å². The third kappa shape index (κ3) is 8.15. The third-order valence-corrected chi connectivity index (χ3v) is 3.78. The molecule has 0 bridgehead atoms. The minimum absolute atomic E-state index is 0.372. The number of aliphatic hydroxyl groups is 1. The van der Waals surface area contributed by atoms with E-state index in [0.717, 1.165) is 6.42 Å². The van der Waals surface area contributed by atoms with Gasteiger partial charge in [0.05, 0.1) is 5.60 Å². The van der Waals surface area contributed by atoms with E-state index in [-0.39, 0.29) is 0 Å². The summed E-state index contributed by atoms with van der Waals surface area (Å²) < 4.78 is 0. The van der Waals surface area contributed by atoms with Crippen molar-refractivity contribution in [1.29, 1.82) is 0 Å². The van der Waals surface area contributed by atoms with Crippen molar-refractivity contribution in [2.24, 2.45) is 5.92 Å². The highest BCUT2D eigenvalue weighted by molar-refractivity contribution is 4.75. The molecular formula is C15H32O. The predicted molar refractivity (Wildman–Crippen MR) is 72.7 cm³/mol. The number of hydrogen-bond donors (Lipinski definition) is 1. The summed E-state index contributed by atoms with van der Waals surface area (Å²) in [6, 6.07) is 0. The fraction of sp³-hybridized carbons (Fsp3) is 1.00. The third-order valence-electron chi connectivity index (χ3n) is 3.78. The van der Waals surface area contributed by atoms with Crippen LogP contribution in [0.25, 0.3) is 0 Å². The molecule has 0 aromatic heterocycles. The lowest BCUT2D eigenvalue weighted by molar-refractivity contribution is 0.00307. The maximum atomic E-state index is 10.1. The van der Waals surface area contributed by atoms with Gasteiger partial charge in [-0.2, -0.15) is 0 Å². The number of hydrogen-bond acceptors (Lipinski definition) is 1. The van der Waals surface area contributed by atoms with E-state index in [0.29, 0.717) is 5.92 Å². The van der Waals surface area contributed by atoms with E-state index in [1.54, 1.807) is 0 Å². The van der Waals surface area contributed by atoms with Crippen molar-refractivity contribution in [1.82, 2.24) is 0 Å². The zero-order chi connectivity index (χ0) is 12.4. The SMILES string of the molecule is CCCCCCCCCCC(C)(O)C(C)C. The zero-order valence-electron chi connectivity index (χ0n) is 11.9. The Kier molecular flexibility index (Phi) is 9.02. The van der Waals surface area contributed by atoms with Crippen LogP contribution < -0.4 is 0 Å². The second-order valence-electron chi connectivity index (χ2n) is 5.74. The van der Waals surface area contributed by atoms with Crippen molar-refractivity contribution in [3.8, 4) is 0 Å². The van der Waals surface area contributed by atoms with Crippen LogP contribution >= 0.6 is 0 Å². The zero-order valence-corrected chi connectivity index (χ0v) is 11.9. The molecule has 0 rings (SSSR count). The van der Waals surface area contributed by atoms with Crippen molar-refractivity contribution in [3.63, 3.8) is 0 Å². The molecule has 0 saturated carbocycles. The summed E-state index contributed by atoms with van der Waals surface area (Å²) in [7, 11) is 0. The van der Waals surface area contributed by atoms with Crippen LogP contribution in [-0.2, 0) is 0 Å². The molecular weight excluding hydrogens is 196 g/mol. The maximum Gasteiger partial charge on any atom is 0.0642 e. The van der Waals surface area contributed by atoms with E-state index >= 15 is 0 Å². The van der Waals surface area contributed by atoms with Gasteiger partial charge in [0.15, 0.2) is 0 Å². The Morgan fingerprint density at radius 1 is 0.875 bits per heavy atom. The van der Waals surface area contributed by atoms with E-state index in [1.165, 1.54) is 51.4 Å². The Balaban J connectivity index is 3.27. The van der Waals surface area contributed by atoms with Crippen LogP contribution in [0.3, 0.4) is 0 Å². The van der Waals surface area contributed by atoms with Gasteiger partial charge >= 0.3 is 0 Å². The average molecular weight is 228 g/mol. The molecule has 0 aromatic carbocycles. The normalized spacial score (nSPS) is 15.4. The standard InChI is InChI=1S/C15H32O/c1-5-6-7-8-9-10-11-12-13-15(4,16)14(2)3/h14,16H,5-13H2,1-4H3. The minimum Gasteiger partial charge on any atom is -0.390 e. The Labute approximate surface area is 103 Å². The molecule has 1 unspecified atom stereocenters. The van der Waals surface area contributed by atoms with Crippen LogP contribution in [0.15, 0.2) is 0 Å². The summed E-state index contributed by atoms with van der Waals surface area (Å²) >= 11 is 0. The summed E-state index contributed by atoms with van der Waals surface area (Å²) in [5.74, 6) is 0.372. The van der Waals surface area contributed by atoms with Crippen LogP contribution in [0, 0.1) is 5.92 Å². The summed E-state index contributed by atoms with van der Waals surface area (Å²) in [6.45, 7) is 8.43. The van der Waals surface area contributed by atoms with Gasteiger partial charge in [-0.15, -0.1) is 0 Å². The van der Waals surface area contributed by atoms with Crippen molar-refractivity contribution in [3.05, 3.63) is 0 Å². The van der Waals surface area contributed by atoms with E-state index < -0.39 is 5.60 Å². The molecule has 0 heterocycles. The summed E-state index contributed by atoms with van der Waals surface area (Å²) in [6.07, 6.45) is 11.7. The molecule has 1 atom stereocenters. The van der Waals surface area contributed by atoms with Crippen molar-refractivity contribution in [2.45, 2.75) is 91.1 Å². The first-order chi connectivity index (χ1) is 7.50. The highest BCUT2D eigenvalue weighted by Gasteiger charge is 2.23. The van der Waals surface area contributed by atoms with Gasteiger partial charge in [-0.25, -0.2) is 0 Å².